The highest BCUT2D eigenvalue weighted by Gasteiger charge is 2.37. The highest BCUT2D eigenvalue weighted by atomic mass is 16.5. The summed E-state index contributed by atoms with van der Waals surface area (Å²) in [6.45, 7) is 7.37. The monoisotopic (exact) mass is 302 g/mol. The van der Waals surface area contributed by atoms with Gasteiger partial charge in [-0.15, -0.1) is 0 Å². The molecule has 0 saturated carbocycles. The van der Waals surface area contributed by atoms with Crippen LogP contribution in [0.25, 0.3) is 0 Å². The van der Waals surface area contributed by atoms with Crippen molar-refractivity contribution in [1.82, 2.24) is 10.2 Å². The summed E-state index contributed by atoms with van der Waals surface area (Å²) >= 11 is 0. The molecule has 0 aromatic heterocycles. The van der Waals surface area contributed by atoms with Crippen molar-refractivity contribution >= 4 is 18.0 Å². The Bertz CT molecular complexity index is 366. The van der Waals surface area contributed by atoms with Gasteiger partial charge in [-0.25, -0.2) is 9.59 Å². The number of urea groups is 1. The van der Waals surface area contributed by atoms with Crippen molar-refractivity contribution in [3.05, 3.63) is 0 Å². The van der Waals surface area contributed by atoms with Crippen LogP contribution in [0.5, 0.6) is 0 Å². The van der Waals surface area contributed by atoms with Gasteiger partial charge in [-0.05, 0) is 26.2 Å². The van der Waals surface area contributed by atoms with E-state index in [-0.39, 0.29) is 26.0 Å². The van der Waals surface area contributed by atoms with Gasteiger partial charge in [0, 0.05) is 6.54 Å². The number of nitrogens with zero attached hydrogens (tertiary/aromatic N) is 1. The van der Waals surface area contributed by atoms with E-state index < -0.39 is 23.5 Å². The highest BCUT2D eigenvalue weighted by Crippen LogP contribution is 2.16. The molecule has 7 nitrogen and oxygen atoms in total. The predicted molar refractivity (Wildman–Crippen MR) is 78.0 cm³/mol. The third kappa shape index (κ3) is 5.61. The lowest BCUT2D eigenvalue weighted by Gasteiger charge is -2.31. The number of amides is 2. The van der Waals surface area contributed by atoms with Crippen molar-refractivity contribution < 1.29 is 24.2 Å². The number of ether oxygens (including phenoxy) is 1. The summed E-state index contributed by atoms with van der Waals surface area (Å²) in [4.78, 5) is 36.4. The van der Waals surface area contributed by atoms with Gasteiger partial charge < -0.3 is 20.1 Å². The zero-order valence-corrected chi connectivity index (χ0v) is 13.3. The molecule has 0 saturated heterocycles. The van der Waals surface area contributed by atoms with E-state index in [1.165, 1.54) is 4.90 Å². The number of carboxylic acids is 1. The van der Waals surface area contributed by atoms with Gasteiger partial charge >= 0.3 is 18.0 Å². The van der Waals surface area contributed by atoms with E-state index in [0.717, 1.165) is 0 Å². The van der Waals surface area contributed by atoms with Crippen LogP contribution in [0.15, 0.2) is 0 Å². The molecule has 2 N–H and O–H groups in total. The van der Waals surface area contributed by atoms with Gasteiger partial charge in [0.15, 0.2) is 0 Å². The summed E-state index contributed by atoms with van der Waals surface area (Å²) in [6.07, 6.45) is 1.19. The molecule has 0 rings (SSSR count). The van der Waals surface area contributed by atoms with Gasteiger partial charge in [-0.1, -0.05) is 20.8 Å². The average Bonchev–Trinajstić information content (AvgIpc) is 2.44. The molecule has 0 aliphatic rings. The lowest BCUT2D eigenvalue weighted by Crippen LogP contribution is -2.58. The van der Waals surface area contributed by atoms with Crippen molar-refractivity contribution in [2.75, 3.05) is 19.7 Å². The van der Waals surface area contributed by atoms with Gasteiger partial charge in [-0.3, -0.25) is 4.79 Å². The molecule has 0 aromatic rings. The Balaban J connectivity index is 4.95. The molecule has 0 fully saturated rings. The van der Waals surface area contributed by atoms with Gasteiger partial charge in [0.1, 0.15) is 12.1 Å². The Hall–Kier alpha value is -1.79. The molecule has 0 heterocycles. The lowest BCUT2D eigenvalue weighted by atomic mass is 9.93. The smallest absolute Gasteiger partial charge is 0.329 e. The maximum atomic E-state index is 12.3. The van der Waals surface area contributed by atoms with Crippen molar-refractivity contribution in [3.63, 3.8) is 0 Å². The molecule has 0 bridgehead atoms. The fourth-order valence-corrected chi connectivity index (χ4v) is 1.95. The minimum atomic E-state index is -1.31. The van der Waals surface area contributed by atoms with Crippen molar-refractivity contribution in [2.45, 2.75) is 52.5 Å². The van der Waals surface area contributed by atoms with Crippen LogP contribution >= 0.6 is 0 Å². The largest absolute Gasteiger partial charge is 0.480 e. The summed E-state index contributed by atoms with van der Waals surface area (Å²) in [5.41, 5.74) is -1.31. The third-order valence-corrected chi connectivity index (χ3v) is 3.37. The number of rotatable bonds is 9. The second-order valence-electron chi connectivity index (χ2n) is 4.75. The van der Waals surface area contributed by atoms with Crippen molar-refractivity contribution in [1.29, 1.82) is 0 Å². The van der Waals surface area contributed by atoms with Crippen LogP contribution in [-0.4, -0.2) is 53.2 Å². The molecule has 21 heavy (non-hydrogen) atoms. The first kappa shape index (κ1) is 19.2. The van der Waals surface area contributed by atoms with E-state index in [1.807, 2.05) is 6.92 Å². The normalized spacial score (nSPS) is 10.9. The number of esters is 1. The molecule has 0 aliphatic heterocycles. The van der Waals surface area contributed by atoms with E-state index in [0.29, 0.717) is 13.0 Å². The fourth-order valence-electron chi connectivity index (χ4n) is 1.95. The van der Waals surface area contributed by atoms with Gasteiger partial charge in [0.05, 0.1) is 6.61 Å². The lowest BCUT2D eigenvalue weighted by molar-refractivity contribution is -0.144. The molecule has 0 unspecified atom stereocenters. The summed E-state index contributed by atoms with van der Waals surface area (Å²) < 4.78 is 4.82. The molecule has 2 amide bonds. The van der Waals surface area contributed by atoms with Crippen LogP contribution in [0.1, 0.15) is 47.0 Å². The third-order valence-electron chi connectivity index (χ3n) is 3.37. The Morgan fingerprint density at radius 1 is 1.14 bits per heavy atom. The number of carboxylic acid groups (broad SMARTS) is 1. The zero-order valence-electron chi connectivity index (χ0n) is 13.3. The molecular formula is C14H26N2O5. The van der Waals surface area contributed by atoms with Crippen LogP contribution in [0.4, 0.5) is 4.79 Å². The molecule has 0 aromatic carbocycles. The number of carbonyl (C=O) groups excluding carboxylic acids is 2. The quantitative estimate of drug-likeness (QED) is 0.631. The number of hydrogen-bond donors (Lipinski definition) is 2. The summed E-state index contributed by atoms with van der Waals surface area (Å²) in [5, 5.41) is 11.9. The second kappa shape index (κ2) is 9.20. The van der Waals surface area contributed by atoms with Gasteiger partial charge in [-0.2, -0.15) is 0 Å². The first-order valence-electron chi connectivity index (χ1n) is 7.32. The maximum absolute atomic E-state index is 12.3. The molecule has 0 radical (unpaired) electrons. The van der Waals surface area contributed by atoms with Crippen LogP contribution in [0, 0.1) is 0 Å². The van der Waals surface area contributed by atoms with E-state index in [2.05, 4.69) is 5.32 Å². The highest BCUT2D eigenvalue weighted by molar-refractivity contribution is 5.87. The Labute approximate surface area is 125 Å². The van der Waals surface area contributed by atoms with E-state index in [1.54, 1.807) is 20.8 Å². The Morgan fingerprint density at radius 2 is 1.71 bits per heavy atom. The van der Waals surface area contributed by atoms with Crippen molar-refractivity contribution in [3.8, 4) is 0 Å². The first-order chi connectivity index (χ1) is 9.86. The Kier molecular flexibility index (Phi) is 8.42. The van der Waals surface area contributed by atoms with E-state index in [9.17, 15) is 19.5 Å². The summed E-state index contributed by atoms with van der Waals surface area (Å²) in [6, 6.07) is -0.559. The maximum Gasteiger partial charge on any atom is 0.329 e. The Morgan fingerprint density at radius 3 is 2.10 bits per heavy atom. The number of aliphatic carboxylic acids is 1. The standard InChI is InChI=1S/C14H26N2O5/c1-5-9-16(10-11(17)21-8-4)13(20)15-14(6-2,7-3)12(18)19/h5-10H2,1-4H3,(H,15,20)(H,18,19). The van der Waals surface area contributed by atoms with Crippen molar-refractivity contribution in [2.24, 2.45) is 0 Å². The summed E-state index contributed by atoms with van der Waals surface area (Å²) in [7, 11) is 0. The number of hydrogen-bond acceptors (Lipinski definition) is 4. The van der Waals surface area contributed by atoms with Crippen LogP contribution in [-0.2, 0) is 14.3 Å². The van der Waals surface area contributed by atoms with Gasteiger partial charge in [0.2, 0.25) is 0 Å². The van der Waals surface area contributed by atoms with E-state index >= 15 is 0 Å². The molecule has 0 spiro atoms. The summed E-state index contributed by atoms with van der Waals surface area (Å²) in [5.74, 6) is -1.58. The molecule has 0 atom stereocenters. The molecular weight excluding hydrogens is 276 g/mol. The fraction of sp³-hybridized carbons (Fsp3) is 0.786. The second-order valence-corrected chi connectivity index (χ2v) is 4.75. The van der Waals surface area contributed by atoms with Crippen LogP contribution in [0.3, 0.4) is 0 Å². The SMILES string of the molecule is CCCN(CC(=O)OCC)C(=O)NC(CC)(CC)C(=O)O. The minimum absolute atomic E-state index is 0.184. The van der Waals surface area contributed by atoms with Gasteiger partial charge in [0.25, 0.3) is 0 Å². The molecule has 0 aliphatic carbocycles. The van der Waals surface area contributed by atoms with Crippen LogP contribution < -0.4 is 5.32 Å². The number of nitrogens with one attached hydrogen (secondary N) is 1. The first-order valence-corrected chi connectivity index (χ1v) is 7.32. The molecule has 122 valence electrons. The number of carbonyl (C=O) groups is 3. The predicted octanol–water partition coefficient (Wildman–Crippen LogP) is 1.61. The topological polar surface area (TPSA) is 95.9 Å². The van der Waals surface area contributed by atoms with Crippen LogP contribution in [0.2, 0.25) is 0 Å². The minimum Gasteiger partial charge on any atom is -0.480 e. The zero-order chi connectivity index (χ0) is 16.5. The van der Waals surface area contributed by atoms with E-state index in [4.69, 9.17) is 4.74 Å². The molecule has 7 heteroatoms. The average molecular weight is 302 g/mol.